The Morgan fingerprint density at radius 2 is 1.86 bits per heavy atom. The quantitative estimate of drug-likeness (QED) is 0.796. The fourth-order valence-corrected chi connectivity index (χ4v) is 2.99. The van der Waals surface area contributed by atoms with Crippen molar-refractivity contribution in [3.63, 3.8) is 0 Å². The topological polar surface area (TPSA) is 95.9 Å². The largest absolute Gasteiger partial charge is 0.480 e. The number of ether oxygens (including phenoxy) is 1. The normalized spacial score (nSPS) is 29.0. The Labute approximate surface area is 123 Å². The van der Waals surface area contributed by atoms with E-state index in [4.69, 9.17) is 4.74 Å². The molecule has 3 atom stereocenters. The second kappa shape index (κ2) is 5.54. The third-order valence-corrected chi connectivity index (χ3v) is 3.82. The maximum Gasteiger partial charge on any atom is 0.408 e. The van der Waals surface area contributed by atoms with Gasteiger partial charge in [0.1, 0.15) is 17.7 Å². The molecule has 0 aromatic heterocycles. The zero-order valence-electron chi connectivity index (χ0n) is 12.6. The summed E-state index contributed by atoms with van der Waals surface area (Å²) in [5, 5.41) is 11.7. The third-order valence-electron chi connectivity index (χ3n) is 3.82. The first-order valence-electron chi connectivity index (χ1n) is 7.23. The minimum absolute atomic E-state index is 0.0183. The lowest BCUT2D eigenvalue weighted by atomic mass is 9.98. The van der Waals surface area contributed by atoms with Crippen LogP contribution < -0.4 is 5.32 Å². The number of alkyl carbamates (subject to hydrolysis) is 1. The van der Waals surface area contributed by atoms with Crippen LogP contribution in [0.1, 0.15) is 46.5 Å². The van der Waals surface area contributed by atoms with Crippen LogP contribution in [0.2, 0.25) is 0 Å². The standard InChI is InChI=1S/C14H22N2O5/c1-14(2,3)21-13(20)15-9-6-4-8-5-7-10(12(18)19)16(8)11(9)17/h8-10H,4-7H2,1-3H3,(H,15,20)(H,18,19)/t8?,9?,10-/m0/s1. The first-order valence-corrected chi connectivity index (χ1v) is 7.23. The van der Waals surface area contributed by atoms with Crippen LogP contribution in [-0.2, 0) is 14.3 Å². The van der Waals surface area contributed by atoms with Gasteiger partial charge < -0.3 is 20.1 Å². The number of hydrogen-bond donors (Lipinski definition) is 2. The molecular weight excluding hydrogens is 276 g/mol. The summed E-state index contributed by atoms with van der Waals surface area (Å²) in [6, 6.07) is -1.49. The number of hydrogen-bond acceptors (Lipinski definition) is 4. The summed E-state index contributed by atoms with van der Waals surface area (Å²) >= 11 is 0. The number of carbonyl (C=O) groups is 3. The van der Waals surface area contributed by atoms with Crippen molar-refractivity contribution in [3.8, 4) is 0 Å². The first kappa shape index (κ1) is 15.6. The van der Waals surface area contributed by atoms with E-state index in [-0.39, 0.29) is 11.9 Å². The SMILES string of the molecule is CC(C)(C)OC(=O)NC1CCC2CC[C@@H](C(=O)O)N2C1=O. The third kappa shape index (κ3) is 3.46. The van der Waals surface area contributed by atoms with Crippen molar-refractivity contribution in [2.75, 3.05) is 0 Å². The van der Waals surface area contributed by atoms with E-state index in [9.17, 15) is 19.5 Å². The van der Waals surface area contributed by atoms with Gasteiger partial charge in [0, 0.05) is 6.04 Å². The molecule has 2 amide bonds. The molecule has 2 aliphatic heterocycles. The van der Waals surface area contributed by atoms with E-state index in [1.807, 2.05) is 0 Å². The number of aliphatic carboxylic acids is 1. The van der Waals surface area contributed by atoms with Crippen molar-refractivity contribution in [1.82, 2.24) is 10.2 Å². The Bertz CT molecular complexity index is 457. The number of rotatable bonds is 2. The number of fused-ring (bicyclic) bond motifs is 1. The average molecular weight is 298 g/mol. The van der Waals surface area contributed by atoms with Crippen molar-refractivity contribution in [2.24, 2.45) is 0 Å². The monoisotopic (exact) mass is 298 g/mol. The van der Waals surface area contributed by atoms with Crippen LogP contribution in [0.5, 0.6) is 0 Å². The van der Waals surface area contributed by atoms with E-state index < -0.39 is 29.7 Å². The second-order valence-electron chi connectivity index (χ2n) is 6.61. The summed E-state index contributed by atoms with van der Waals surface area (Å²) in [5.74, 6) is -1.30. The Balaban J connectivity index is 2.02. The summed E-state index contributed by atoms with van der Waals surface area (Å²) in [6.45, 7) is 5.23. The van der Waals surface area contributed by atoms with Gasteiger partial charge in [-0.2, -0.15) is 0 Å². The molecule has 0 aromatic carbocycles. The van der Waals surface area contributed by atoms with Crippen LogP contribution >= 0.6 is 0 Å². The van der Waals surface area contributed by atoms with Gasteiger partial charge in [-0.05, 0) is 46.5 Å². The molecule has 2 N–H and O–H groups in total. The van der Waals surface area contributed by atoms with E-state index in [0.717, 1.165) is 0 Å². The molecule has 2 unspecified atom stereocenters. The summed E-state index contributed by atoms with van der Waals surface area (Å²) < 4.78 is 5.14. The number of nitrogens with one attached hydrogen (secondary N) is 1. The number of piperidine rings is 1. The summed E-state index contributed by atoms with van der Waals surface area (Å²) in [7, 11) is 0. The van der Waals surface area contributed by atoms with E-state index >= 15 is 0 Å². The minimum atomic E-state index is -0.983. The van der Waals surface area contributed by atoms with E-state index in [2.05, 4.69) is 5.32 Å². The van der Waals surface area contributed by atoms with Gasteiger partial charge >= 0.3 is 12.1 Å². The molecule has 0 aliphatic carbocycles. The van der Waals surface area contributed by atoms with Crippen molar-refractivity contribution in [1.29, 1.82) is 0 Å². The zero-order chi connectivity index (χ0) is 15.8. The fourth-order valence-electron chi connectivity index (χ4n) is 2.99. The molecule has 21 heavy (non-hydrogen) atoms. The Morgan fingerprint density at radius 1 is 1.24 bits per heavy atom. The number of carbonyl (C=O) groups excluding carboxylic acids is 2. The van der Waals surface area contributed by atoms with Gasteiger partial charge in [-0.1, -0.05) is 0 Å². The lowest BCUT2D eigenvalue weighted by Crippen LogP contribution is -2.57. The van der Waals surface area contributed by atoms with E-state index in [1.165, 1.54) is 4.90 Å². The highest BCUT2D eigenvalue weighted by atomic mass is 16.6. The molecule has 7 heteroatoms. The molecule has 7 nitrogen and oxygen atoms in total. The van der Waals surface area contributed by atoms with Gasteiger partial charge in [0.2, 0.25) is 5.91 Å². The highest BCUT2D eigenvalue weighted by Gasteiger charge is 2.46. The van der Waals surface area contributed by atoms with Crippen molar-refractivity contribution in [2.45, 2.75) is 70.2 Å². The van der Waals surface area contributed by atoms with E-state index in [0.29, 0.717) is 25.7 Å². The minimum Gasteiger partial charge on any atom is -0.480 e. The molecule has 0 saturated carbocycles. The van der Waals surface area contributed by atoms with Crippen LogP contribution in [0.15, 0.2) is 0 Å². The predicted molar refractivity (Wildman–Crippen MR) is 73.7 cm³/mol. The Kier molecular flexibility index (Phi) is 4.11. The molecular formula is C14H22N2O5. The summed E-state index contributed by atoms with van der Waals surface area (Å²) in [6.07, 6.45) is 1.76. The van der Waals surface area contributed by atoms with Gasteiger partial charge in [-0.25, -0.2) is 9.59 Å². The van der Waals surface area contributed by atoms with Crippen LogP contribution in [-0.4, -0.2) is 51.7 Å². The number of carboxylic acid groups (broad SMARTS) is 1. The van der Waals surface area contributed by atoms with Gasteiger partial charge in [-0.3, -0.25) is 4.79 Å². The molecule has 0 spiro atoms. The average Bonchev–Trinajstić information content (AvgIpc) is 2.75. The first-order chi connectivity index (χ1) is 9.69. The lowest BCUT2D eigenvalue weighted by molar-refractivity contribution is -0.152. The molecule has 0 aromatic rings. The van der Waals surface area contributed by atoms with Crippen LogP contribution in [0, 0.1) is 0 Å². The van der Waals surface area contributed by atoms with Crippen molar-refractivity contribution < 1.29 is 24.2 Å². The second-order valence-corrected chi connectivity index (χ2v) is 6.61. The Hall–Kier alpha value is -1.79. The van der Waals surface area contributed by atoms with Crippen LogP contribution in [0.3, 0.4) is 0 Å². The van der Waals surface area contributed by atoms with Gasteiger partial charge in [0.05, 0.1) is 0 Å². The molecule has 0 bridgehead atoms. The highest BCUT2D eigenvalue weighted by molar-refractivity contribution is 5.90. The molecule has 2 rings (SSSR count). The highest BCUT2D eigenvalue weighted by Crippen LogP contribution is 2.32. The fraction of sp³-hybridized carbons (Fsp3) is 0.786. The molecule has 2 aliphatic rings. The maximum atomic E-state index is 12.4. The molecule has 0 radical (unpaired) electrons. The predicted octanol–water partition coefficient (Wildman–Crippen LogP) is 1.12. The van der Waals surface area contributed by atoms with Crippen LogP contribution in [0.25, 0.3) is 0 Å². The maximum absolute atomic E-state index is 12.4. The van der Waals surface area contributed by atoms with Crippen LogP contribution in [0.4, 0.5) is 4.79 Å². The lowest BCUT2D eigenvalue weighted by Gasteiger charge is -2.37. The summed E-state index contributed by atoms with van der Waals surface area (Å²) in [4.78, 5) is 36.8. The molecule has 118 valence electrons. The molecule has 2 fully saturated rings. The summed E-state index contributed by atoms with van der Waals surface area (Å²) in [5.41, 5.74) is -0.637. The van der Waals surface area contributed by atoms with Crippen molar-refractivity contribution >= 4 is 18.0 Å². The number of carboxylic acids is 1. The molecule has 2 saturated heterocycles. The van der Waals surface area contributed by atoms with Crippen molar-refractivity contribution in [3.05, 3.63) is 0 Å². The number of amides is 2. The van der Waals surface area contributed by atoms with Gasteiger partial charge in [0.15, 0.2) is 0 Å². The van der Waals surface area contributed by atoms with E-state index in [1.54, 1.807) is 20.8 Å². The van der Waals surface area contributed by atoms with Gasteiger partial charge in [-0.15, -0.1) is 0 Å². The zero-order valence-corrected chi connectivity index (χ0v) is 12.6. The smallest absolute Gasteiger partial charge is 0.408 e. The number of nitrogens with zero attached hydrogens (tertiary/aromatic N) is 1. The van der Waals surface area contributed by atoms with Gasteiger partial charge in [0.25, 0.3) is 0 Å². The Morgan fingerprint density at radius 3 is 2.43 bits per heavy atom. The molecule has 2 heterocycles.